The van der Waals surface area contributed by atoms with E-state index in [2.05, 4.69) is 14.6 Å². The second-order valence-electron chi connectivity index (χ2n) is 8.07. The summed E-state index contributed by atoms with van der Waals surface area (Å²) in [6.45, 7) is 2.17. The number of hydrogen-bond donors (Lipinski definition) is 0. The summed E-state index contributed by atoms with van der Waals surface area (Å²) >= 11 is 2.99. The zero-order valence-corrected chi connectivity index (χ0v) is 18.8. The monoisotopic (exact) mass is 446 g/mol. The number of aromatic nitrogens is 4. The van der Waals surface area contributed by atoms with Crippen molar-refractivity contribution in [2.24, 2.45) is 0 Å². The van der Waals surface area contributed by atoms with E-state index in [1.807, 2.05) is 4.57 Å². The molecule has 0 bridgehead atoms. The van der Waals surface area contributed by atoms with Crippen molar-refractivity contribution in [1.29, 1.82) is 0 Å². The van der Waals surface area contributed by atoms with Crippen molar-refractivity contribution >= 4 is 45.1 Å². The lowest BCUT2D eigenvalue weighted by Gasteiger charge is -2.24. The third-order valence-electron chi connectivity index (χ3n) is 6.18. The van der Waals surface area contributed by atoms with Crippen LogP contribution in [0.2, 0.25) is 0 Å². The zero-order chi connectivity index (χ0) is 20.7. The van der Waals surface area contributed by atoms with Crippen LogP contribution in [0, 0.1) is 0 Å². The van der Waals surface area contributed by atoms with Crippen molar-refractivity contribution in [3.05, 3.63) is 20.8 Å². The number of aryl methyl sites for hydroxylation is 2. The maximum Gasteiger partial charge on any atom is 0.316 e. The van der Waals surface area contributed by atoms with Gasteiger partial charge in [0.25, 0.3) is 5.56 Å². The Balaban J connectivity index is 1.71. The largest absolute Gasteiger partial charge is 0.465 e. The van der Waals surface area contributed by atoms with Crippen molar-refractivity contribution in [3.8, 4) is 0 Å². The van der Waals surface area contributed by atoms with Gasteiger partial charge in [-0.25, -0.2) is 0 Å². The first-order valence-electron chi connectivity index (χ1n) is 10.9. The molecule has 0 aromatic carbocycles. The van der Waals surface area contributed by atoms with E-state index in [1.165, 1.54) is 35.0 Å². The fourth-order valence-electron chi connectivity index (χ4n) is 4.83. The minimum Gasteiger partial charge on any atom is -0.465 e. The summed E-state index contributed by atoms with van der Waals surface area (Å²) in [6.07, 6.45) is 9.84. The third-order valence-corrected chi connectivity index (χ3v) is 8.35. The number of carbonyl (C=O) groups excluding carboxylic acids is 1. The van der Waals surface area contributed by atoms with Crippen molar-refractivity contribution in [2.45, 2.75) is 75.9 Å². The van der Waals surface area contributed by atoms with E-state index < -0.39 is 0 Å². The second kappa shape index (κ2) is 8.34. The zero-order valence-electron chi connectivity index (χ0n) is 17.2. The maximum absolute atomic E-state index is 13.6. The Labute approximate surface area is 182 Å². The summed E-state index contributed by atoms with van der Waals surface area (Å²) in [5.74, 6) is 0.547. The minimum atomic E-state index is -0.261. The molecule has 3 aromatic heterocycles. The van der Waals surface area contributed by atoms with E-state index in [1.54, 1.807) is 18.3 Å². The Bertz CT molecular complexity index is 1160. The lowest BCUT2D eigenvalue weighted by atomic mass is 9.95. The normalized spacial score (nSPS) is 17.5. The summed E-state index contributed by atoms with van der Waals surface area (Å²) in [6, 6.07) is 0.171. The van der Waals surface area contributed by atoms with E-state index in [9.17, 15) is 9.59 Å². The summed E-state index contributed by atoms with van der Waals surface area (Å²) in [5, 5.41) is 9.55. The Morgan fingerprint density at radius 3 is 2.77 bits per heavy atom. The van der Waals surface area contributed by atoms with Crippen LogP contribution in [0.4, 0.5) is 0 Å². The van der Waals surface area contributed by atoms with Gasteiger partial charge >= 0.3 is 5.97 Å². The van der Waals surface area contributed by atoms with Crippen LogP contribution >= 0.6 is 23.1 Å². The highest BCUT2D eigenvalue weighted by Crippen LogP contribution is 2.38. The highest BCUT2D eigenvalue weighted by molar-refractivity contribution is 7.99. The van der Waals surface area contributed by atoms with Crippen LogP contribution in [0.5, 0.6) is 0 Å². The first kappa shape index (κ1) is 20.1. The number of fused-ring (bicyclic) bond motifs is 5. The molecule has 5 rings (SSSR count). The van der Waals surface area contributed by atoms with Crippen LogP contribution in [-0.2, 0) is 22.4 Å². The summed E-state index contributed by atoms with van der Waals surface area (Å²) in [7, 11) is 0. The van der Waals surface area contributed by atoms with E-state index in [0.717, 1.165) is 55.2 Å². The summed E-state index contributed by atoms with van der Waals surface area (Å²) < 4.78 is 9.85. The van der Waals surface area contributed by atoms with E-state index in [0.29, 0.717) is 17.5 Å². The molecule has 2 aliphatic rings. The van der Waals surface area contributed by atoms with Gasteiger partial charge in [-0.15, -0.1) is 21.5 Å². The predicted molar refractivity (Wildman–Crippen MR) is 119 cm³/mol. The van der Waals surface area contributed by atoms with Crippen molar-refractivity contribution < 1.29 is 9.53 Å². The molecule has 2 aliphatic carbocycles. The molecule has 7 nitrogen and oxygen atoms in total. The number of nitrogens with zero attached hydrogens (tertiary/aromatic N) is 4. The smallest absolute Gasteiger partial charge is 0.316 e. The van der Waals surface area contributed by atoms with Gasteiger partial charge in [-0.2, -0.15) is 0 Å². The van der Waals surface area contributed by atoms with Crippen LogP contribution in [0.1, 0.15) is 68.4 Å². The molecule has 0 spiro atoms. The van der Waals surface area contributed by atoms with Gasteiger partial charge in [-0.3, -0.25) is 18.6 Å². The number of ether oxygens (including phenoxy) is 1. The highest BCUT2D eigenvalue weighted by atomic mass is 32.2. The van der Waals surface area contributed by atoms with Crippen LogP contribution in [0.15, 0.2) is 9.95 Å². The molecule has 0 aliphatic heterocycles. The predicted octanol–water partition coefficient (Wildman–Crippen LogP) is 4.14. The third kappa shape index (κ3) is 3.36. The second-order valence-corrected chi connectivity index (χ2v) is 10.1. The Hall–Kier alpha value is -1.87. The first-order valence-corrected chi connectivity index (χ1v) is 12.7. The van der Waals surface area contributed by atoms with Crippen LogP contribution < -0.4 is 5.56 Å². The van der Waals surface area contributed by atoms with E-state index in [-0.39, 0.29) is 23.3 Å². The van der Waals surface area contributed by atoms with Crippen molar-refractivity contribution in [3.63, 3.8) is 0 Å². The van der Waals surface area contributed by atoms with Crippen LogP contribution in [0.3, 0.4) is 0 Å². The quantitative estimate of drug-likeness (QED) is 0.433. The molecule has 1 fully saturated rings. The molecule has 0 amide bonds. The number of hydrogen-bond acceptors (Lipinski definition) is 7. The molecule has 1 saturated carbocycles. The minimum absolute atomic E-state index is 0.0816. The van der Waals surface area contributed by atoms with Crippen molar-refractivity contribution in [1.82, 2.24) is 19.2 Å². The number of esters is 1. The van der Waals surface area contributed by atoms with Gasteiger partial charge in [0.05, 0.1) is 17.9 Å². The topological polar surface area (TPSA) is 78.5 Å². The van der Waals surface area contributed by atoms with Gasteiger partial charge in [0, 0.05) is 10.9 Å². The van der Waals surface area contributed by atoms with Crippen LogP contribution in [-0.4, -0.2) is 37.5 Å². The SMILES string of the molecule is CCOC(=O)CSc1nnc2n(C3CCCCC3)c(=O)c3sc4c(c3n12)CCCC4. The molecular formula is C21H26N4O3S2. The van der Waals surface area contributed by atoms with Gasteiger partial charge in [0.1, 0.15) is 4.70 Å². The molecule has 0 unspecified atom stereocenters. The van der Waals surface area contributed by atoms with Gasteiger partial charge in [-0.1, -0.05) is 31.0 Å². The standard InChI is InChI=1S/C21H26N4O3S2/c1-2-28-16(26)12-29-21-23-22-20-24(13-8-4-3-5-9-13)19(27)18-17(25(20)21)14-10-6-7-11-15(14)30-18/h13H,2-12H2,1H3. The molecule has 3 aromatic rings. The van der Waals surface area contributed by atoms with Gasteiger partial charge in [-0.05, 0) is 51.0 Å². The van der Waals surface area contributed by atoms with Crippen molar-refractivity contribution in [2.75, 3.05) is 12.4 Å². The molecular weight excluding hydrogens is 420 g/mol. The van der Waals surface area contributed by atoms with Gasteiger partial charge in [0.2, 0.25) is 5.78 Å². The Morgan fingerprint density at radius 1 is 1.17 bits per heavy atom. The van der Waals surface area contributed by atoms with E-state index >= 15 is 0 Å². The summed E-state index contributed by atoms with van der Waals surface area (Å²) in [5.41, 5.74) is 2.33. The number of carbonyl (C=O) groups is 1. The molecule has 9 heteroatoms. The highest BCUT2D eigenvalue weighted by Gasteiger charge is 2.28. The fraction of sp³-hybridized carbons (Fsp3) is 0.619. The molecule has 0 saturated heterocycles. The number of thioether (sulfide) groups is 1. The molecule has 160 valence electrons. The molecule has 0 atom stereocenters. The average molecular weight is 447 g/mol. The Kier molecular flexibility index (Phi) is 5.58. The van der Waals surface area contributed by atoms with Gasteiger partial charge in [0.15, 0.2) is 5.16 Å². The lowest BCUT2D eigenvalue weighted by molar-refractivity contribution is -0.139. The number of thiophene rings is 1. The first-order chi connectivity index (χ1) is 14.7. The number of rotatable bonds is 5. The molecule has 0 N–H and O–H groups in total. The van der Waals surface area contributed by atoms with Gasteiger partial charge < -0.3 is 4.74 Å². The molecule has 30 heavy (non-hydrogen) atoms. The van der Waals surface area contributed by atoms with Crippen LogP contribution in [0.25, 0.3) is 16.0 Å². The fourth-order valence-corrected chi connectivity index (χ4v) is 6.88. The lowest BCUT2D eigenvalue weighted by Crippen LogP contribution is -2.28. The summed E-state index contributed by atoms with van der Waals surface area (Å²) in [4.78, 5) is 26.9. The molecule has 0 radical (unpaired) electrons. The van der Waals surface area contributed by atoms with E-state index in [4.69, 9.17) is 4.74 Å². The molecule has 3 heterocycles. The average Bonchev–Trinajstić information content (AvgIpc) is 3.35. The maximum atomic E-state index is 13.6. The Morgan fingerprint density at radius 2 is 1.97 bits per heavy atom.